The quantitative estimate of drug-likeness (QED) is 0.193. The van der Waals surface area contributed by atoms with Crippen LogP contribution >= 0.6 is 11.8 Å². The molecule has 0 fully saturated rings. The Balaban J connectivity index is 2.32. The molecule has 0 aromatic heterocycles. The second kappa shape index (κ2) is 12.5. The molecule has 0 saturated carbocycles. The molecule has 3 rings (SSSR count). The predicted molar refractivity (Wildman–Crippen MR) is 140 cm³/mol. The molecule has 0 radical (unpaired) electrons. The number of rotatable bonds is 10. The van der Waals surface area contributed by atoms with Crippen molar-refractivity contribution in [1.29, 1.82) is 0 Å². The van der Waals surface area contributed by atoms with E-state index in [2.05, 4.69) is 0 Å². The van der Waals surface area contributed by atoms with Gasteiger partial charge in [0.25, 0.3) is 0 Å². The van der Waals surface area contributed by atoms with E-state index in [0.29, 0.717) is 0 Å². The lowest BCUT2D eigenvalue weighted by molar-refractivity contribution is -0.159. The van der Waals surface area contributed by atoms with E-state index in [0.717, 1.165) is 27.6 Å². The minimum Gasteiger partial charge on any atom is -0.468 e. The Morgan fingerprint density at radius 2 is 1.61 bits per heavy atom. The SMILES string of the molecule is CCOC(=O)/C=C/[C@H](c1ccccc1)[C@]1(CC(C(=O)OC)C(=O)OC)C(SCC)=Nc2ccccc21. The van der Waals surface area contributed by atoms with Gasteiger partial charge in [-0.1, -0.05) is 61.5 Å². The van der Waals surface area contributed by atoms with Crippen molar-refractivity contribution in [3.8, 4) is 0 Å². The number of benzene rings is 2. The number of aliphatic imine (C=N–C) groups is 1. The Morgan fingerprint density at radius 1 is 0.972 bits per heavy atom. The maximum atomic E-state index is 12.9. The van der Waals surface area contributed by atoms with Crippen LogP contribution in [-0.4, -0.2) is 49.5 Å². The molecular formula is C28H31NO6S. The predicted octanol–water partition coefficient (Wildman–Crippen LogP) is 4.98. The number of methoxy groups -OCH3 is 2. The fourth-order valence-corrected chi connectivity index (χ4v) is 5.66. The van der Waals surface area contributed by atoms with Gasteiger partial charge >= 0.3 is 17.9 Å². The molecule has 1 heterocycles. The number of allylic oxidation sites excluding steroid dienone is 1. The number of fused-ring (bicyclic) bond motifs is 1. The molecule has 0 spiro atoms. The third-order valence-electron chi connectivity index (χ3n) is 6.17. The fraction of sp³-hybridized carbons (Fsp3) is 0.357. The molecule has 0 bridgehead atoms. The minimum atomic E-state index is -1.20. The van der Waals surface area contributed by atoms with Crippen LogP contribution in [0.4, 0.5) is 5.69 Å². The molecule has 2 aromatic carbocycles. The van der Waals surface area contributed by atoms with Crippen molar-refractivity contribution in [2.24, 2.45) is 10.9 Å². The number of carbonyl (C=O) groups excluding carboxylic acids is 3. The highest BCUT2D eigenvalue weighted by molar-refractivity contribution is 8.14. The number of hydrogen-bond acceptors (Lipinski definition) is 8. The van der Waals surface area contributed by atoms with Gasteiger partial charge in [0, 0.05) is 12.0 Å². The lowest BCUT2D eigenvalue weighted by Crippen LogP contribution is -2.43. The number of carbonyl (C=O) groups is 3. The van der Waals surface area contributed by atoms with Gasteiger partial charge in [-0.05, 0) is 36.3 Å². The van der Waals surface area contributed by atoms with Crippen LogP contribution in [0.2, 0.25) is 0 Å². The minimum absolute atomic E-state index is 0.0436. The summed E-state index contributed by atoms with van der Waals surface area (Å²) >= 11 is 1.55. The van der Waals surface area contributed by atoms with Crippen LogP contribution < -0.4 is 0 Å². The van der Waals surface area contributed by atoms with E-state index in [1.807, 2.05) is 61.5 Å². The Kier molecular flexibility index (Phi) is 9.47. The Labute approximate surface area is 215 Å². The molecule has 190 valence electrons. The zero-order chi connectivity index (χ0) is 26.1. The summed E-state index contributed by atoms with van der Waals surface area (Å²) in [5, 5.41) is 0.756. The summed E-state index contributed by atoms with van der Waals surface area (Å²) in [6.07, 6.45) is 3.23. The molecular weight excluding hydrogens is 478 g/mol. The second-order valence-corrected chi connectivity index (χ2v) is 9.39. The molecule has 0 N–H and O–H groups in total. The molecule has 7 nitrogen and oxygen atoms in total. The number of esters is 3. The average Bonchev–Trinajstić information content (AvgIpc) is 3.21. The van der Waals surface area contributed by atoms with E-state index in [-0.39, 0.29) is 13.0 Å². The van der Waals surface area contributed by atoms with Gasteiger partial charge in [0.15, 0.2) is 5.92 Å². The molecule has 0 unspecified atom stereocenters. The Morgan fingerprint density at radius 3 is 2.22 bits per heavy atom. The molecule has 2 aromatic rings. The van der Waals surface area contributed by atoms with Crippen molar-refractivity contribution >= 4 is 40.4 Å². The van der Waals surface area contributed by atoms with E-state index in [1.54, 1.807) is 24.8 Å². The highest BCUT2D eigenvalue weighted by Crippen LogP contribution is 2.55. The molecule has 36 heavy (non-hydrogen) atoms. The topological polar surface area (TPSA) is 91.3 Å². The third-order valence-corrected chi connectivity index (χ3v) is 7.19. The molecule has 8 heteroatoms. The molecule has 2 atom stereocenters. The fourth-order valence-electron chi connectivity index (χ4n) is 4.65. The van der Waals surface area contributed by atoms with Crippen molar-refractivity contribution in [2.75, 3.05) is 26.6 Å². The highest BCUT2D eigenvalue weighted by atomic mass is 32.2. The van der Waals surface area contributed by atoms with Crippen LogP contribution in [0.5, 0.6) is 0 Å². The third kappa shape index (κ3) is 5.54. The van der Waals surface area contributed by atoms with Gasteiger partial charge in [-0.25, -0.2) is 9.79 Å². The zero-order valence-corrected chi connectivity index (χ0v) is 21.7. The van der Waals surface area contributed by atoms with Crippen LogP contribution in [0, 0.1) is 5.92 Å². The first-order valence-corrected chi connectivity index (χ1v) is 12.8. The van der Waals surface area contributed by atoms with Gasteiger partial charge in [-0.2, -0.15) is 0 Å². The van der Waals surface area contributed by atoms with Gasteiger partial charge in [-0.3, -0.25) is 9.59 Å². The smallest absolute Gasteiger partial charge is 0.330 e. The van der Waals surface area contributed by atoms with Crippen molar-refractivity contribution < 1.29 is 28.6 Å². The second-order valence-electron chi connectivity index (χ2n) is 8.14. The zero-order valence-electron chi connectivity index (χ0n) is 20.9. The van der Waals surface area contributed by atoms with Gasteiger partial charge in [0.05, 0.1) is 37.0 Å². The average molecular weight is 510 g/mol. The Hall–Kier alpha value is -3.39. The summed E-state index contributed by atoms with van der Waals surface area (Å²) in [6, 6.07) is 17.3. The number of nitrogens with zero attached hydrogens (tertiary/aromatic N) is 1. The molecule has 0 aliphatic carbocycles. The number of para-hydroxylation sites is 1. The molecule has 1 aliphatic rings. The normalized spacial score (nSPS) is 17.4. The first-order chi connectivity index (χ1) is 17.4. The van der Waals surface area contributed by atoms with Gasteiger partial charge < -0.3 is 14.2 Å². The number of thioether (sulfide) groups is 1. The van der Waals surface area contributed by atoms with Gasteiger partial charge in [0.1, 0.15) is 0 Å². The van der Waals surface area contributed by atoms with E-state index in [9.17, 15) is 14.4 Å². The standard InChI is InChI=1S/C28H31NO6S/c1-5-35-24(30)17-16-21(19-12-8-7-9-13-19)28(18-20(25(31)33-3)26(32)34-4)22-14-10-11-15-23(22)29-27(28)36-6-2/h7-17,20-21H,5-6,18H2,1-4H3/b17-16+/t21-,28+/m1/s1. The molecule has 0 saturated heterocycles. The lowest BCUT2D eigenvalue weighted by Gasteiger charge is -2.39. The van der Waals surface area contributed by atoms with Gasteiger partial charge in [0.2, 0.25) is 0 Å². The molecule has 0 amide bonds. The maximum Gasteiger partial charge on any atom is 0.330 e. The maximum absolute atomic E-state index is 12.9. The summed E-state index contributed by atoms with van der Waals surface area (Å²) in [5.41, 5.74) is 1.57. The summed E-state index contributed by atoms with van der Waals surface area (Å²) in [4.78, 5) is 43.1. The first-order valence-electron chi connectivity index (χ1n) is 11.8. The number of ether oxygens (including phenoxy) is 3. The van der Waals surface area contributed by atoms with E-state index < -0.39 is 35.2 Å². The van der Waals surface area contributed by atoms with Crippen molar-refractivity contribution in [1.82, 2.24) is 0 Å². The van der Waals surface area contributed by atoms with Crippen LogP contribution in [0.3, 0.4) is 0 Å². The molecule has 1 aliphatic heterocycles. The van der Waals surface area contributed by atoms with Crippen molar-refractivity contribution in [3.05, 3.63) is 77.9 Å². The van der Waals surface area contributed by atoms with E-state index >= 15 is 0 Å². The van der Waals surface area contributed by atoms with Crippen LogP contribution in [-0.2, 0) is 34.0 Å². The lowest BCUT2D eigenvalue weighted by atomic mass is 9.64. The highest BCUT2D eigenvalue weighted by Gasteiger charge is 2.53. The van der Waals surface area contributed by atoms with E-state index in [1.165, 1.54) is 20.3 Å². The number of hydrogen-bond donors (Lipinski definition) is 0. The van der Waals surface area contributed by atoms with E-state index in [4.69, 9.17) is 19.2 Å². The van der Waals surface area contributed by atoms with Crippen molar-refractivity contribution in [3.63, 3.8) is 0 Å². The summed E-state index contributed by atoms with van der Waals surface area (Å²) in [6.45, 7) is 4.01. The van der Waals surface area contributed by atoms with Crippen LogP contribution in [0.15, 0.2) is 71.7 Å². The Bertz CT molecular complexity index is 1130. The first kappa shape index (κ1) is 27.2. The van der Waals surface area contributed by atoms with Crippen LogP contribution in [0.1, 0.15) is 37.3 Å². The largest absolute Gasteiger partial charge is 0.468 e. The summed E-state index contributed by atoms with van der Waals surface area (Å²) < 4.78 is 15.2. The summed E-state index contributed by atoms with van der Waals surface area (Å²) in [5.74, 6) is -2.78. The summed E-state index contributed by atoms with van der Waals surface area (Å²) in [7, 11) is 2.50. The van der Waals surface area contributed by atoms with Gasteiger partial charge in [-0.15, -0.1) is 11.8 Å². The van der Waals surface area contributed by atoms with Crippen LogP contribution in [0.25, 0.3) is 0 Å². The van der Waals surface area contributed by atoms with Crippen molar-refractivity contribution in [2.45, 2.75) is 31.6 Å². The monoisotopic (exact) mass is 509 g/mol.